The first-order valence-corrected chi connectivity index (χ1v) is 10.7. The Morgan fingerprint density at radius 2 is 1.84 bits per heavy atom. The van der Waals surface area contributed by atoms with E-state index in [9.17, 15) is 4.79 Å². The third-order valence-corrected chi connectivity index (χ3v) is 5.12. The van der Waals surface area contributed by atoms with Gasteiger partial charge in [0, 0.05) is 58.9 Å². The van der Waals surface area contributed by atoms with Crippen LogP contribution < -0.4 is 20.3 Å². The molecule has 7 heteroatoms. The van der Waals surface area contributed by atoms with Crippen LogP contribution in [0.15, 0.2) is 53.5 Å². The molecule has 0 unspecified atom stereocenters. The Balaban J connectivity index is 1.45. The number of anilines is 1. The third-order valence-electron chi connectivity index (χ3n) is 5.12. The van der Waals surface area contributed by atoms with E-state index in [1.165, 1.54) is 0 Å². The highest BCUT2D eigenvalue weighted by molar-refractivity contribution is 5.95. The third kappa shape index (κ3) is 7.00. The van der Waals surface area contributed by atoms with E-state index < -0.39 is 0 Å². The second-order valence-electron chi connectivity index (χ2n) is 7.44. The van der Waals surface area contributed by atoms with E-state index in [0.717, 1.165) is 47.9 Å². The van der Waals surface area contributed by atoms with Gasteiger partial charge in [0.15, 0.2) is 5.96 Å². The predicted octanol–water partition coefficient (Wildman–Crippen LogP) is 3.09. The lowest BCUT2D eigenvalue weighted by molar-refractivity contribution is -0.117. The van der Waals surface area contributed by atoms with E-state index in [1.807, 2.05) is 47.4 Å². The number of amides is 1. The molecule has 0 aliphatic carbocycles. The minimum atomic E-state index is 0.208. The first-order chi connectivity index (χ1) is 15.2. The Bertz CT molecular complexity index is 867. The van der Waals surface area contributed by atoms with Gasteiger partial charge in [-0.3, -0.25) is 9.79 Å². The van der Waals surface area contributed by atoms with Gasteiger partial charge in [-0.1, -0.05) is 24.3 Å². The summed E-state index contributed by atoms with van der Waals surface area (Å²) in [5.74, 6) is 1.79. The summed E-state index contributed by atoms with van der Waals surface area (Å²) in [7, 11) is 3.45. The highest BCUT2D eigenvalue weighted by atomic mass is 16.5. The van der Waals surface area contributed by atoms with Crippen LogP contribution in [-0.4, -0.2) is 45.8 Å². The number of guanidine groups is 1. The number of carbonyl (C=O) groups is 1. The van der Waals surface area contributed by atoms with Crippen LogP contribution in [0.1, 0.15) is 30.4 Å². The van der Waals surface area contributed by atoms with Crippen LogP contribution in [0, 0.1) is 0 Å². The molecule has 0 spiro atoms. The fraction of sp³-hybridized carbons (Fsp3) is 0.417. The predicted molar refractivity (Wildman–Crippen MR) is 123 cm³/mol. The van der Waals surface area contributed by atoms with Crippen molar-refractivity contribution in [3.63, 3.8) is 0 Å². The number of aliphatic imine (C=N–C) groups is 1. The average molecular weight is 425 g/mol. The van der Waals surface area contributed by atoms with Gasteiger partial charge >= 0.3 is 0 Å². The molecule has 2 aromatic rings. The molecule has 0 radical (unpaired) electrons. The van der Waals surface area contributed by atoms with Crippen molar-refractivity contribution < 1.29 is 14.3 Å². The van der Waals surface area contributed by atoms with Crippen LogP contribution in [0.25, 0.3) is 0 Å². The molecule has 0 bridgehead atoms. The average Bonchev–Trinajstić information content (AvgIpc) is 3.23. The molecular formula is C24H32N4O3. The first-order valence-electron chi connectivity index (χ1n) is 10.7. The van der Waals surface area contributed by atoms with Gasteiger partial charge in [0.25, 0.3) is 0 Å². The second-order valence-corrected chi connectivity index (χ2v) is 7.44. The number of methoxy groups -OCH3 is 1. The first kappa shape index (κ1) is 22.6. The lowest BCUT2D eigenvalue weighted by atomic mass is 10.2. The van der Waals surface area contributed by atoms with E-state index in [4.69, 9.17) is 9.47 Å². The summed E-state index contributed by atoms with van der Waals surface area (Å²) in [5.41, 5.74) is 3.22. The van der Waals surface area contributed by atoms with Crippen molar-refractivity contribution in [1.29, 1.82) is 0 Å². The smallest absolute Gasteiger partial charge is 0.227 e. The fourth-order valence-electron chi connectivity index (χ4n) is 3.45. The Morgan fingerprint density at radius 3 is 2.52 bits per heavy atom. The van der Waals surface area contributed by atoms with Crippen molar-refractivity contribution in [1.82, 2.24) is 10.6 Å². The maximum atomic E-state index is 11.9. The van der Waals surface area contributed by atoms with E-state index in [0.29, 0.717) is 32.7 Å². The van der Waals surface area contributed by atoms with Gasteiger partial charge < -0.3 is 25.0 Å². The number of nitrogens with zero attached hydrogens (tertiary/aromatic N) is 2. The highest BCUT2D eigenvalue weighted by Crippen LogP contribution is 2.21. The zero-order chi connectivity index (χ0) is 21.9. The molecule has 1 heterocycles. The zero-order valence-electron chi connectivity index (χ0n) is 18.4. The van der Waals surface area contributed by atoms with E-state index in [2.05, 4.69) is 21.7 Å². The van der Waals surface area contributed by atoms with Gasteiger partial charge in [0.2, 0.25) is 5.91 Å². The molecule has 2 N–H and O–H groups in total. The lowest BCUT2D eigenvalue weighted by Gasteiger charge is -2.16. The molecule has 1 fully saturated rings. The number of hydrogen-bond donors (Lipinski definition) is 2. The maximum Gasteiger partial charge on any atom is 0.227 e. The molecule has 1 aliphatic heterocycles. The topological polar surface area (TPSA) is 75.2 Å². The van der Waals surface area contributed by atoms with Gasteiger partial charge in [-0.2, -0.15) is 0 Å². The summed E-state index contributed by atoms with van der Waals surface area (Å²) in [6.07, 6.45) is 2.45. The number of ether oxygens (including phenoxy) is 2. The van der Waals surface area contributed by atoms with Crippen LogP contribution in [0.5, 0.6) is 5.75 Å². The summed E-state index contributed by atoms with van der Waals surface area (Å²) in [6.45, 7) is 3.44. The molecular weight excluding hydrogens is 392 g/mol. The van der Waals surface area contributed by atoms with Gasteiger partial charge in [0.1, 0.15) is 5.75 Å². The largest absolute Gasteiger partial charge is 0.493 e. The summed E-state index contributed by atoms with van der Waals surface area (Å²) in [4.78, 5) is 18.0. The van der Waals surface area contributed by atoms with Crippen molar-refractivity contribution in [2.24, 2.45) is 4.99 Å². The Labute approximate surface area is 184 Å². The highest BCUT2D eigenvalue weighted by Gasteiger charge is 2.21. The van der Waals surface area contributed by atoms with E-state index in [1.54, 1.807) is 14.2 Å². The summed E-state index contributed by atoms with van der Waals surface area (Å²) < 4.78 is 10.8. The monoisotopic (exact) mass is 424 g/mol. The van der Waals surface area contributed by atoms with Crippen molar-refractivity contribution in [3.8, 4) is 5.75 Å². The van der Waals surface area contributed by atoms with Crippen LogP contribution in [-0.2, 0) is 22.6 Å². The number of carbonyl (C=O) groups excluding carboxylic acids is 1. The summed E-state index contributed by atoms with van der Waals surface area (Å²) in [6, 6.07) is 16.2. The molecule has 3 rings (SSSR count). The number of rotatable bonds is 10. The number of benzene rings is 2. The minimum Gasteiger partial charge on any atom is -0.493 e. The fourth-order valence-corrected chi connectivity index (χ4v) is 3.45. The molecule has 1 amide bonds. The Hall–Kier alpha value is -3.06. The quantitative estimate of drug-likeness (QED) is 0.348. The summed E-state index contributed by atoms with van der Waals surface area (Å²) >= 11 is 0. The normalized spacial score (nSPS) is 14.1. The number of nitrogens with one attached hydrogen (secondary N) is 2. The molecule has 1 aliphatic rings. The Kier molecular flexibility index (Phi) is 8.72. The molecule has 0 atom stereocenters. The molecule has 7 nitrogen and oxygen atoms in total. The maximum absolute atomic E-state index is 11.9. The standard InChI is InChI=1S/C24H32N4O3/c1-25-24(27-18-20-6-3-7-22(16-20)31-15-5-14-30-2)26-17-19-9-11-21(12-10-19)28-13-4-8-23(28)29/h3,6-7,9-12,16H,4-5,8,13-15,17-18H2,1-2H3,(H2,25,26,27). The molecule has 31 heavy (non-hydrogen) atoms. The van der Waals surface area contributed by atoms with Crippen LogP contribution >= 0.6 is 0 Å². The van der Waals surface area contributed by atoms with Crippen LogP contribution in [0.4, 0.5) is 5.69 Å². The van der Waals surface area contributed by atoms with E-state index in [-0.39, 0.29) is 5.91 Å². The van der Waals surface area contributed by atoms with Gasteiger partial charge in [-0.05, 0) is 41.8 Å². The molecule has 0 aromatic heterocycles. The summed E-state index contributed by atoms with van der Waals surface area (Å²) in [5, 5.41) is 6.66. The van der Waals surface area contributed by atoms with Crippen molar-refractivity contribution >= 4 is 17.6 Å². The van der Waals surface area contributed by atoms with Crippen molar-refractivity contribution in [2.45, 2.75) is 32.4 Å². The van der Waals surface area contributed by atoms with Gasteiger partial charge in [-0.15, -0.1) is 0 Å². The van der Waals surface area contributed by atoms with Crippen molar-refractivity contribution in [2.75, 3.05) is 38.8 Å². The van der Waals surface area contributed by atoms with Gasteiger partial charge in [0.05, 0.1) is 6.61 Å². The lowest BCUT2D eigenvalue weighted by Crippen LogP contribution is -2.36. The van der Waals surface area contributed by atoms with Gasteiger partial charge in [-0.25, -0.2) is 0 Å². The van der Waals surface area contributed by atoms with E-state index >= 15 is 0 Å². The molecule has 0 saturated carbocycles. The van der Waals surface area contributed by atoms with Crippen LogP contribution in [0.2, 0.25) is 0 Å². The number of hydrogen-bond acceptors (Lipinski definition) is 4. The Morgan fingerprint density at radius 1 is 1.06 bits per heavy atom. The molecule has 2 aromatic carbocycles. The SMILES string of the molecule is CN=C(NCc1ccc(N2CCCC2=O)cc1)NCc1cccc(OCCCOC)c1. The second kappa shape index (κ2) is 12.0. The molecule has 166 valence electrons. The zero-order valence-corrected chi connectivity index (χ0v) is 18.4. The van der Waals surface area contributed by atoms with Crippen LogP contribution in [0.3, 0.4) is 0 Å². The minimum absolute atomic E-state index is 0.208. The van der Waals surface area contributed by atoms with Crippen molar-refractivity contribution in [3.05, 3.63) is 59.7 Å². The molecule has 1 saturated heterocycles.